The first-order valence-electron chi connectivity index (χ1n) is 6.82. The molecule has 0 aliphatic rings. The fraction of sp³-hybridized carbons (Fsp3) is 0.600. The summed E-state index contributed by atoms with van der Waals surface area (Å²) < 4.78 is 16.0. The standard InChI is InChI=1S/C15H25NO4/c1-4-15(16,11-17)6-5-7-20-14-9-12(18-2)8-13(10-14)19-3/h8-10,17H,4-7,11,16H2,1-3H3. The summed E-state index contributed by atoms with van der Waals surface area (Å²) in [4.78, 5) is 0. The average molecular weight is 283 g/mol. The molecular formula is C15H25NO4. The molecule has 1 aromatic carbocycles. The first-order valence-corrected chi connectivity index (χ1v) is 6.82. The van der Waals surface area contributed by atoms with Crippen LogP contribution in [0.3, 0.4) is 0 Å². The predicted octanol–water partition coefficient (Wildman–Crippen LogP) is 1.96. The first kappa shape index (κ1) is 16.6. The zero-order valence-electron chi connectivity index (χ0n) is 12.5. The summed E-state index contributed by atoms with van der Waals surface area (Å²) in [5.74, 6) is 2.08. The molecule has 0 saturated carbocycles. The van der Waals surface area contributed by atoms with Crippen LogP contribution in [-0.2, 0) is 0 Å². The summed E-state index contributed by atoms with van der Waals surface area (Å²) in [6, 6.07) is 5.41. The number of methoxy groups -OCH3 is 2. The predicted molar refractivity (Wildman–Crippen MR) is 78.6 cm³/mol. The maximum Gasteiger partial charge on any atom is 0.126 e. The SMILES string of the molecule is CCC(N)(CO)CCCOc1cc(OC)cc(OC)c1. The molecule has 1 unspecified atom stereocenters. The molecule has 0 heterocycles. The third-order valence-corrected chi connectivity index (χ3v) is 3.43. The Balaban J connectivity index is 2.49. The van der Waals surface area contributed by atoms with Crippen molar-refractivity contribution in [3.05, 3.63) is 18.2 Å². The molecule has 5 nitrogen and oxygen atoms in total. The van der Waals surface area contributed by atoms with E-state index >= 15 is 0 Å². The third kappa shape index (κ3) is 4.90. The Morgan fingerprint density at radius 3 is 2.10 bits per heavy atom. The second-order valence-electron chi connectivity index (χ2n) is 4.87. The van der Waals surface area contributed by atoms with Crippen LogP contribution in [0.1, 0.15) is 26.2 Å². The highest BCUT2D eigenvalue weighted by molar-refractivity contribution is 5.41. The van der Waals surface area contributed by atoms with Crippen molar-refractivity contribution in [2.75, 3.05) is 27.4 Å². The van der Waals surface area contributed by atoms with Crippen LogP contribution in [0.4, 0.5) is 0 Å². The minimum Gasteiger partial charge on any atom is -0.496 e. The van der Waals surface area contributed by atoms with E-state index in [9.17, 15) is 5.11 Å². The summed E-state index contributed by atoms with van der Waals surface area (Å²) in [6.45, 7) is 2.51. The van der Waals surface area contributed by atoms with Crippen molar-refractivity contribution in [1.29, 1.82) is 0 Å². The lowest BCUT2D eigenvalue weighted by Gasteiger charge is -2.25. The van der Waals surface area contributed by atoms with Crippen LogP contribution < -0.4 is 19.9 Å². The molecule has 0 aliphatic carbocycles. The second-order valence-corrected chi connectivity index (χ2v) is 4.87. The molecule has 0 aromatic heterocycles. The highest BCUT2D eigenvalue weighted by atomic mass is 16.5. The largest absolute Gasteiger partial charge is 0.496 e. The van der Waals surface area contributed by atoms with Gasteiger partial charge in [0.05, 0.1) is 27.4 Å². The van der Waals surface area contributed by atoms with Crippen LogP contribution in [0.15, 0.2) is 18.2 Å². The van der Waals surface area contributed by atoms with Crippen LogP contribution in [0, 0.1) is 0 Å². The number of hydrogen-bond acceptors (Lipinski definition) is 5. The van der Waals surface area contributed by atoms with Crippen LogP contribution >= 0.6 is 0 Å². The average Bonchev–Trinajstić information content (AvgIpc) is 2.50. The molecule has 3 N–H and O–H groups in total. The Hall–Kier alpha value is -1.46. The molecule has 20 heavy (non-hydrogen) atoms. The van der Waals surface area contributed by atoms with Gasteiger partial charge in [0, 0.05) is 23.7 Å². The van der Waals surface area contributed by atoms with Gasteiger partial charge in [-0.15, -0.1) is 0 Å². The van der Waals surface area contributed by atoms with E-state index in [1.54, 1.807) is 20.3 Å². The van der Waals surface area contributed by atoms with Gasteiger partial charge in [-0.1, -0.05) is 6.92 Å². The molecule has 1 aromatic rings. The minimum atomic E-state index is -0.505. The number of nitrogens with two attached hydrogens (primary N) is 1. The van der Waals surface area contributed by atoms with Crippen molar-refractivity contribution in [3.63, 3.8) is 0 Å². The fourth-order valence-electron chi connectivity index (χ4n) is 1.85. The number of aliphatic hydroxyl groups excluding tert-OH is 1. The lowest BCUT2D eigenvalue weighted by atomic mass is 9.93. The second kappa shape index (κ2) is 7.97. The van der Waals surface area contributed by atoms with Gasteiger partial charge in [-0.3, -0.25) is 0 Å². The van der Waals surface area contributed by atoms with E-state index in [1.165, 1.54) is 0 Å². The Morgan fingerprint density at radius 2 is 1.65 bits per heavy atom. The van der Waals surface area contributed by atoms with Crippen molar-refractivity contribution < 1.29 is 19.3 Å². The number of aliphatic hydroxyl groups is 1. The number of hydrogen-bond donors (Lipinski definition) is 2. The molecule has 0 amide bonds. The summed E-state index contributed by atoms with van der Waals surface area (Å²) >= 11 is 0. The van der Waals surface area contributed by atoms with Crippen LogP contribution in [-0.4, -0.2) is 38.1 Å². The molecule has 0 radical (unpaired) electrons. The van der Waals surface area contributed by atoms with Gasteiger partial charge in [-0.25, -0.2) is 0 Å². The topological polar surface area (TPSA) is 73.9 Å². The quantitative estimate of drug-likeness (QED) is 0.678. The smallest absolute Gasteiger partial charge is 0.126 e. The Morgan fingerprint density at radius 1 is 1.10 bits per heavy atom. The van der Waals surface area contributed by atoms with E-state index in [0.29, 0.717) is 23.9 Å². The molecule has 0 spiro atoms. The number of benzene rings is 1. The van der Waals surface area contributed by atoms with Crippen molar-refractivity contribution >= 4 is 0 Å². The summed E-state index contributed by atoms with van der Waals surface area (Å²) in [7, 11) is 3.20. The molecule has 1 rings (SSSR count). The van der Waals surface area contributed by atoms with E-state index in [0.717, 1.165) is 19.3 Å². The van der Waals surface area contributed by atoms with Gasteiger partial charge in [0.15, 0.2) is 0 Å². The lowest BCUT2D eigenvalue weighted by Crippen LogP contribution is -2.43. The normalized spacial score (nSPS) is 13.7. The van der Waals surface area contributed by atoms with Crippen LogP contribution in [0.25, 0.3) is 0 Å². The summed E-state index contributed by atoms with van der Waals surface area (Å²) in [5.41, 5.74) is 5.52. The highest BCUT2D eigenvalue weighted by Crippen LogP contribution is 2.27. The maximum absolute atomic E-state index is 9.24. The van der Waals surface area contributed by atoms with Gasteiger partial charge in [0.25, 0.3) is 0 Å². The molecule has 1 atom stereocenters. The Labute approximate surface area is 120 Å². The monoisotopic (exact) mass is 283 g/mol. The van der Waals surface area contributed by atoms with Crippen LogP contribution in [0.2, 0.25) is 0 Å². The molecule has 0 bridgehead atoms. The fourth-order valence-corrected chi connectivity index (χ4v) is 1.85. The van der Waals surface area contributed by atoms with Crippen molar-refractivity contribution in [2.45, 2.75) is 31.7 Å². The van der Waals surface area contributed by atoms with Gasteiger partial charge >= 0.3 is 0 Å². The van der Waals surface area contributed by atoms with E-state index in [-0.39, 0.29) is 6.61 Å². The summed E-state index contributed by atoms with van der Waals surface area (Å²) in [5, 5.41) is 9.24. The van der Waals surface area contributed by atoms with Gasteiger partial charge in [0.2, 0.25) is 0 Å². The Kier molecular flexibility index (Phi) is 6.61. The van der Waals surface area contributed by atoms with E-state index in [1.807, 2.05) is 19.1 Å². The molecule has 0 fully saturated rings. The van der Waals surface area contributed by atoms with Gasteiger partial charge < -0.3 is 25.1 Å². The van der Waals surface area contributed by atoms with Gasteiger partial charge in [-0.2, -0.15) is 0 Å². The molecule has 0 saturated heterocycles. The van der Waals surface area contributed by atoms with E-state index in [2.05, 4.69) is 0 Å². The third-order valence-electron chi connectivity index (χ3n) is 3.43. The summed E-state index contributed by atoms with van der Waals surface area (Å²) in [6.07, 6.45) is 2.25. The lowest BCUT2D eigenvalue weighted by molar-refractivity contribution is 0.171. The molecule has 114 valence electrons. The van der Waals surface area contributed by atoms with Gasteiger partial charge in [0.1, 0.15) is 17.2 Å². The highest BCUT2D eigenvalue weighted by Gasteiger charge is 2.20. The zero-order valence-corrected chi connectivity index (χ0v) is 12.5. The first-order chi connectivity index (χ1) is 9.56. The van der Waals surface area contributed by atoms with Crippen molar-refractivity contribution in [2.24, 2.45) is 5.73 Å². The number of rotatable bonds is 9. The minimum absolute atomic E-state index is 0.00349. The molecule has 0 aliphatic heterocycles. The Bertz CT molecular complexity index is 383. The van der Waals surface area contributed by atoms with Crippen molar-refractivity contribution in [3.8, 4) is 17.2 Å². The number of ether oxygens (including phenoxy) is 3. The zero-order chi connectivity index (χ0) is 15.0. The molecular weight excluding hydrogens is 258 g/mol. The van der Waals surface area contributed by atoms with E-state index < -0.39 is 5.54 Å². The van der Waals surface area contributed by atoms with Crippen molar-refractivity contribution in [1.82, 2.24) is 0 Å². The maximum atomic E-state index is 9.24. The molecule has 5 heteroatoms. The van der Waals surface area contributed by atoms with E-state index in [4.69, 9.17) is 19.9 Å². The van der Waals surface area contributed by atoms with Crippen LogP contribution in [0.5, 0.6) is 17.2 Å². The van der Waals surface area contributed by atoms with Gasteiger partial charge in [-0.05, 0) is 19.3 Å².